The number of benzene rings is 1. The highest BCUT2D eigenvalue weighted by atomic mass is 19.1. The molecule has 0 aromatic heterocycles. The molecule has 5 heteroatoms. The number of rotatable bonds is 4. The molecule has 1 amide bonds. The molecule has 4 rings (SSSR count). The Morgan fingerprint density at radius 3 is 2.58 bits per heavy atom. The van der Waals surface area contributed by atoms with E-state index >= 15 is 0 Å². The zero-order valence-corrected chi connectivity index (χ0v) is 15.4. The van der Waals surface area contributed by atoms with Crippen LogP contribution in [0.1, 0.15) is 50.5 Å². The second-order valence-corrected chi connectivity index (χ2v) is 8.29. The number of piperidine rings is 1. The maximum absolute atomic E-state index is 13.0. The molecule has 26 heavy (non-hydrogen) atoms. The number of hydrogen-bond donors (Lipinski definition) is 2. The van der Waals surface area contributed by atoms with Gasteiger partial charge in [0.1, 0.15) is 5.82 Å². The summed E-state index contributed by atoms with van der Waals surface area (Å²) in [6, 6.07) is 7.63. The molecule has 1 aromatic carbocycles. The molecule has 3 aliphatic rings. The first-order chi connectivity index (χ1) is 12.7. The Morgan fingerprint density at radius 1 is 1.12 bits per heavy atom. The standard InChI is InChI=1S/C21H30FN3O/c22-17-7-5-15(6-8-17)14-25-11-9-18(10-12-25)23-21(26)20-13-16-3-1-2-4-19(16)24-20/h5-8,16,18-20,24H,1-4,9-14H2,(H,23,26). The molecule has 2 N–H and O–H groups in total. The molecule has 4 nitrogen and oxygen atoms in total. The van der Waals surface area contributed by atoms with Gasteiger partial charge < -0.3 is 10.6 Å². The maximum atomic E-state index is 13.0. The lowest BCUT2D eigenvalue weighted by Crippen LogP contribution is -2.50. The number of halogens is 1. The number of nitrogens with zero attached hydrogens (tertiary/aromatic N) is 1. The van der Waals surface area contributed by atoms with Crippen molar-refractivity contribution < 1.29 is 9.18 Å². The van der Waals surface area contributed by atoms with Gasteiger partial charge >= 0.3 is 0 Å². The average Bonchev–Trinajstić information content (AvgIpc) is 3.10. The molecule has 1 aromatic rings. The zero-order valence-electron chi connectivity index (χ0n) is 15.4. The predicted octanol–water partition coefficient (Wildman–Crippen LogP) is 2.83. The topological polar surface area (TPSA) is 44.4 Å². The van der Waals surface area contributed by atoms with Crippen molar-refractivity contribution in [3.05, 3.63) is 35.6 Å². The molecule has 2 heterocycles. The summed E-state index contributed by atoms with van der Waals surface area (Å²) in [7, 11) is 0. The van der Waals surface area contributed by atoms with E-state index in [1.165, 1.54) is 37.8 Å². The van der Waals surface area contributed by atoms with E-state index in [1.807, 2.05) is 12.1 Å². The highest BCUT2D eigenvalue weighted by Gasteiger charge is 2.38. The van der Waals surface area contributed by atoms with Crippen molar-refractivity contribution in [2.75, 3.05) is 13.1 Å². The summed E-state index contributed by atoms with van der Waals surface area (Å²) in [6.45, 7) is 2.81. The fourth-order valence-electron chi connectivity index (χ4n) is 4.91. The summed E-state index contributed by atoms with van der Waals surface area (Å²) < 4.78 is 13.0. The van der Waals surface area contributed by atoms with Gasteiger partial charge in [-0.15, -0.1) is 0 Å². The molecular formula is C21H30FN3O. The highest BCUT2D eigenvalue weighted by Crippen LogP contribution is 2.33. The van der Waals surface area contributed by atoms with Crippen LogP contribution in [0.15, 0.2) is 24.3 Å². The lowest BCUT2D eigenvalue weighted by molar-refractivity contribution is -0.123. The third-order valence-electron chi connectivity index (χ3n) is 6.43. The number of likely N-dealkylation sites (tertiary alicyclic amines) is 1. The van der Waals surface area contributed by atoms with Crippen LogP contribution >= 0.6 is 0 Å². The van der Waals surface area contributed by atoms with Crippen LogP contribution in [-0.4, -0.2) is 42.0 Å². The average molecular weight is 359 g/mol. The fraction of sp³-hybridized carbons (Fsp3) is 0.667. The van der Waals surface area contributed by atoms with E-state index in [0.717, 1.165) is 44.5 Å². The molecule has 0 radical (unpaired) electrons. The summed E-state index contributed by atoms with van der Waals surface area (Å²) in [5.74, 6) is 0.726. The fourth-order valence-corrected chi connectivity index (χ4v) is 4.91. The van der Waals surface area contributed by atoms with E-state index in [9.17, 15) is 9.18 Å². The van der Waals surface area contributed by atoms with Crippen LogP contribution in [0, 0.1) is 11.7 Å². The van der Waals surface area contributed by atoms with Crippen molar-refractivity contribution in [2.45, 2.75) is 69.6 Å². The van der Waals surface area contributed by atoms with Crippen molar-refractivity contribution in [1.82, 2.24) is 15.5 Å². The quantitative estimate of drug-likeness (QED) is 0.869. The Bertz CT molecular complexity index is 598. The number of carbonyl (C=O) groups excluding carboxylic acids is 1. The van der Waals surface area contributed by atoms with Crippen molar-refractivity contribution >= 4 is 5.91 Å². The molecule has 3 unspecified atom stereocenters. The molecule has 2 saturated heterocycles. The second-order valence-electron chi connectivity index (χ2n) is 8.29. The summed E-state index contributed by atoms with van der Waals surface area (Å²) in [6.07, 6.45) is 8.14. The van der Waals surface area contributed by atoms with Gasteiger partial charge in [0.05, 0.1) is 6.04 Å². The SMILES string of the molecule is O=C(NC1CCN(Cc2ccc(F)cc2)CC1)C1CC2CCCCC2N1. The van der Waals surface area contributed by atoms with Gasteiger partial charge in [0.25, 0.3) is 0 Å². The lowest BCUT2D eigenvalue weighted by atomic mass is 9.85. The van der Waals surface area contributed by atoms with Crippen LogP contribution in [0.3, 0.4) is 0 Å². The summed E-state index contributed by atoms with van der Waals surface area (Å²) in [4.78, 5) is 15.0. The first-order valence-electron chi connectivity index (χ1n) is 10.2. The minimum absolute atomic E-state index is 0.0142. The van der Waals surface area contributed by atoms with Gasteiger partial charge in [-0.25, -0.2) is 4.39 Å². The molecule has 0 spiro atoms. The Kier molecular flexibility index (Phi) is 5.55. The molecule has 0 bridgehead atoms. The smallest absolute Gasteiger partial charge is 0.237 e. The van der Waals surface area contributed by atoms with Gasteiger partial charge in [-0.1, -0.05) is 25.0 Å². The first-order valence-corrected chi connectivity index (χ1v) is 10.2. The van der Waals surface area contributed by atoms with Crippen LogP contribution in [0.5, 0.6) is 0 Å². The maximum Gasteiger partial charge on any atom is 0.237 e. The van der Waals surface area contributed by atoms with E-state index in [-0.39, 0.29) is 23.8 Å². The van der Waals surface area contributed by atoms with Crippen LogP contribution < -0.4 is 10.6 Å². The van der Waals surface area contributed by atoms with Gasteiger partial charge in [-0.3, -0.25) is 9.69 Å². The first kappa shape index (κ1) is 17.9. The van der Waals surface area contributed by atoms with E-state index in [2.05, 4.69) is 15.5 Å². The number of fused-ring (bicyclic) bond motifs is 1. The Balaban J connectivity index is 1.21. The number of amides is 1. The van der Waals surface area contributed by atoms with E-state index in [4.69, 9.17) is 0 Å². The molecule has 1 saturated carbocycles. The summed E-state index contributed by atoms with van der Waals surface area (Å²) in [5, 5.41) is 6.86. The number of hydrogen-bond acceptors (Lipinski definition) is 3. The Labute approximate surface area is 155 Å². The Morgan fingerprint density at radius 2 is 1.85 bits per heavy atom. The molecule has 2 aliphatic heterocycles. The number of carbonyl (C=O) groups is 1. The van der Waals surface area contributed by atoms with Gasteiger partial charge in [0.2, 0.25) is 5.91 Å². The minimum Gasteiger partial charge on any atom is -0.352 e. The molecule has 1 aliphatic carbocycles. The van der Waals surface area contributed by atoms with Crippen LogP contribution in [-0.2, 0) is 11.3 Å². The normalized spacial score (nSPS) is 30.1. The summed E-state index contributed by atoms with van der Waals surface area (Å²) in [5.41, 5.74) is 1.15. The van der Waals surface area contributed by atoms with E-state index in [0.29, 0.717) is 12.0 Å². The third-order valence-corrected chi connectivity index (χ3v) is 6.43. The monoisotopic (exact) mass is 359 g/mol. The van der Waals surface area contributed by atoms with Crippen molar-refractivity contribution in [3.8, 4) is 0 Å². The second kappa shape index (κ2) is 8.05. The largest absolute Gasteiger partial charge is 0.352 e. The molecule has 3 fully saturated rings. The van der Waals surface area contributed by atoms with Gasteiger partial charge in [-0.05, 0) is 55.7 Å². The Hall–Kier alpha value is -1.46. The van der Waals surface area contributed by atoms with Crippen LogP contribution in [0.4, 0.5) is 4.39 Å². The zero-order chi connectivity index (χ0) is 17.9. The highest BCUT2D eigenvalue weighted by molar-refractivity contribution is 5.82. The molecule has 142 valence electrons. The van der Waals surface area contributed by atoms with Crippen LogP contribution in [0.25, 0.3) is 0 Å². The van der Waals surface area contributed by atoms with Gasteiger partial charge in [0, 0.05) is 31.7 Å². The van der Waals surface area contributed by atoms with Crippen molar-refractivity contribution in [1.29, 1.82) is 0 Å². The van der Waals surface area contributed by atoms with Gasteiger partial charge in [0.15, 0.2) is 0 Å². The van der Waals surface area contributed by atoms with Crippen molar-refractivity contribution in [2.24, 2.45) is 5.92 Å². The third kappa shape index (κ3) is 4.26. The van der Waals surface area contributed by atoms with Gasteiger partial charge in [-0.2, -0.15) is 0 Å². The number of nitrogens with one attached hydrogen (secondary N) is 2. The molecule has 3 atom stereocenters. The predicted molar refractivity (Wildman–Crippen MR) is 100 cm³/mol. The van der Waals surface area contributed by atoms with Crippen LogP contribution in [0.2, 0.25) is 0 Å². The minimum atomic E-state index is -0.185. The lowest BCUT2D eigenvalue weighted by Gasteiger charge is -2.33. The van der Waals surface area contributed by atoms with Crippen molar-refractivity contribution in [3.63, 3.8) is 0 Å². The van der Waals surface area contributed by atoms with E-state index in [1.54, 1.807) is 0 Å². The van der Waals surface area contributed by atoms with E-state index < -0.39 is 0 Å². The summed E-state index contributed by atoms with van der Waals surface area (Å²) >= 11 is 0. The molecular weight excluding hydrogens is 329 g/mol.